The number of nitrogens with zero attached hydrogens (tertiary/aromatic N) is 3. The van der Waals surface area contributed by atoms with Gasteiger partial charge in [-0.2, -0.15) is 0 Å². The summed E-state index contributed by atoms with van der Waals surface area (Å²) in [6, 6.07) is 2.14. The number of hydrogen-bond acceptors (Lipinski definition) is 4. The van der Waals surface area contributed by atoms with Crippen molar-refractivity contribution in [2.75, 3.05) is 13.1 Å². The molecule has 2 aliphatic rings. The molecule has 0 saturated carbocycles. The summed E-state index contributed by atoms with van der Waals surface area (Å²) in [4.78, 5) is 9.56. The molecule has 0 N–H and O–H groups in total. The fourth-order valence-corrected chi connectivity index (χ4v) is 3.07. The number of likely N-dealkylation sites (tertiary alicyclic amines) is 2. The zero-order valence-electron chi connectivity index (χ0n) is 10.9. The zero-order valence-corrected chi connectivity index (χ0v) is 10.9. The average molecular weight is 235 g/mol. The van der Waals surface area contributed by atoms with Crippen molar-refractivity contribution >= 4 is 0 Å². The van der Waals surface area contributed by atoms with Crippen LogP contribution in [-0.2, 0) is 6.54 Å². The maximum absolute atomic E-state index is 5.27. The lowest BCUT2D eigenvalue weighted by Crippen LogP contribution is -2.68. The molecule has 0 aliphatic carbocycles. The van der Waals surface area contributed by atoms with Crippen LogP contribution in [0.2, 0.25) is 0 Å². The maximum atomic E-state index is 5.27. The standard InChI is InChI=1S/C13H21N3O/c1-9(2)15-6-12-4-13(7-15)16(12)5-11-8-17-10(3)14-11/h8-9,12-13H,4-7H2,1-3H3. The minimum atomic E-state index is 0.678. The highest BCUT2D eigenvalue weighted by atomic mass is 16.3. The van der Waals surface area contributed by atoms with Crippen LogP contribution in [0.5, 0.6) is 0 Å². The van der Waals surface area contributed by atoms with Crippen LogP contribution < -0.4 is 0 Å². The first-order valence-electron chi connectivity index (χ1n) is 6.54. The predicted octanol–water partition coefficient (Wildman–Crippen LogP) is 1.65. The smallest absolute Gasteiger partial charge is 0.191 e. The van der Waals surface area contributed by atoms with Crippen molar-refractivity contribution in [3.05, 3.63) is 17.8 Å². The predicted molar refractivity (Wildman–Crippen MR) is 65.7 cm³/mol. The van der Waals surface area contributed by atoms with E-state index in [1.165, 1.54) is 19.5 Å². The van der Waals surface area contributed by atoms with E-state index in [0.717, 1.165) is 30.2 Å². The Hall–Kier alpha value is -0.870. The molecular weight excluding hydrogens is 214 g/mol. The van der Waals surface area contributed by atoms with Crippen LogP contribution >= 0.6 is 0 Å². The molecule has 2 saturated heterocycles. The molecule has 4 nitrogen and oxygen atoms in total. The summed E-state index contributed by atoms with van der Waals surface area (Å²) in [5.41, 5.74) is 1.08. The highest BCUT2D eigenvalue weighted by Crippen LogP contribution is 2.34. The number of aromatic nitrogens is 1. The lowest BCUT2D eigenvalue weighted by Gasteiger charge is -2.57. The van der Waals surface area contributed by atoms with Gasteiger partial charge in [-0.25, -0.2) is 4.98 Å². The van der Waals surface area contributed by atoms with Crippen molar-refractivity contribution in [1.29, 1.82) is 0 Å². The van der Waals surface area contributed by atoms with Gasteiger partial charge in [-0.15, -0.1) is 0 Å². The third-order valence-corrected chi connectivity index (χ3v) is 4.11. The van der Waals surface area contributed by atoms with Gasteiger partial charge in [-0.1, -0.05) is 0 Å². The molecule has 3 heterocycles. The molecule has 0 spiro atoms. The van der Waals surface area contributed by atoms with Crippen LogP contribution in [-0.4, -0.2) is 46.0 Å². The summed E-state index contributed by atoms with van der Waals surface area (Å²) in [5.74, 6) is 0.773. The fraction of sp³-hybridized carbons (Fsp3) is 0.769. The highest BCUT2D eigenvalue weighted by Gasteiger charge is 2.44. The van der Waals surface area contributed by atoms with Gasteiger partial charge in [0.15, 0.2) is 5.89 Å². The van der Waals surface area contributed by atoms with Crippen LogP contribution in [0.1, 0.15) is 31.9 Å². The lowest BCUT2D eigenvalue weighted by molar-refractivity contribution is -0.0841. The first kappa shape index (κ1) is 11.2. The molecule has 0 radical (unpaired) electrons. The van der Waals surface area contributed by atoms with E-state index in [-0.39, 0.29) is 0 Å². The molecule has 2 bridgehead atoms. The number of hydrogen-bond donors (Lipinski definition) is 0. The largest absolute Gasteiger partial charge is 0.449 e. The Kier molecular flexibility index (Phi) is 2.71. The van der Waals surface area contributed by atoms with Crippen molar-refractivity contribution in [1.82, 2.24) is 14.8 Å². The average Bonchev–Trinajstić information content (AvgIpc) is 2.72. The molecule has 2 atom stereocenters. The third kappa shape index (κ3) is 2.00. The van der Waals surface area contributed by atoms with E-state index in [1.54, 1.807) is 6.26 Å². The summed E-state index contributed by atoms with van der Waals surface area (Å²) in [6.07, 6.45) is 3.16. The Morgan fingerprint density at radius 2 is 2.12 bits per heavy atom. The van der Waals surface area contributed by atoms with Gasteiger partial charge in [0, 0.05) is 44.7 Å². The molecule has 94 valence electrons. The first-order valence-corrected chi connectivity index (χ1v) is 6.54. The molecule has 1 aromatic heterocycles. The van der Waals surface area contributed by atoms with Crippen molar-refractivity contribution in [3.8, 4) is 0 Å². The minimum Gasteiger partial charge on any atom is -0.449 e. The van der Waals surface area contributed by atoms with E-state index in [2.05, 4.69) is 28.6 Å². The normalized spacial score (nSPS) is 29.6. The van der Waals surface area contributed by atoms with Crippen molar-refractivity contribution in [2.24, 2.45) is 0 Å². The quantitative estimate of drug-likeness (QED) is 0.797. The van der Waals surface area contributed by atoms with Crippen LogP contribution in [0.25, 0.3) is 0 Å². The zero-order chi connectivity index (χ0) is 12.0. The van der Waals surface area contributed by atoms with Crippen LogP contribution in [0, 0.1) is 6.92 Å². The third-order valence-electron chi connectivity index (χ3n) is 4.11. The summed E-state index contributed by atoms with van der Waals surface area (Å²) >= 11 is 0. The van der Waals surface area contributed by atoms with E-state index >= 15 is 0 Å². The highest BCUT2D eigenvalue weighted by molar-refractivity contribution is 5.05. The van der Waals surface area contributed by atoms with Crippen molar-refractivity contribution in [2.45, 2.75) is 51.9 Å². The minimum absolute atomic E-state index is 0.678. The van der Waals surface area contributed by atoms with Crippen LogP contribution in [0.15, 0.2) is 10.7 Å². The Morgan fingerprint density at radius 1 is 1.41 bits per heavy atom. The second-order valence-electron chi connectivity index (χ2n) is 5.62. The molecule has 3 rings (SSSR count). The fourth-order valence-electron chi connectivity index (χ4n) is 3.07. The second-order valence-corrected chi connectivity index (χ2v) is 5.62. The second kappa shape index (κ2) is 4.10. The first-order chi connectivity index (χ1) is 8.13. The molecule has 4 heteroatoms. The van der Waals surface area contributed by atoms with Gasteiger partial charge in [0.2, 0.25) is 0 Å². The molecule has 17 heavy (non-hydrogen) atoms. The van der Waals surface area contributed by atoms with Gasteiger partial charge < -0.3 is 4.42 Å². The number of fused-ring (bicyclic) bond motifs is 2. The lowest BCUT2D eigenvalue weighted by atomic mass is 9.86. The van der Waals surface area contributed by atoms with Gasteiger partial charge in [0.05, 0.1) is 5.69 Å². The molecular formula is C13H21N3O. The molecule has 0 aromatic carbocycles. The van der Waals surface area contributed by atoms with E-state index in [4.69, 9.17) is 4.42 Å². The van der Waals surface area contributed by atoms with E-state index < -0.39 is 0 Å². The van der Waals surface area contributed by atoms with E-state index in [0.29, 0.717) is 6.04 Å². The topological polar surface area (TPSA) is 32.5 Å². The molecule has 2 aliphatic heterocycles. The Balaban J connectivity index is 1.61. The number of aryl methyl sites for hydroxylation is 1. The summed E-state index contributed by atoms with van der Waals surface area (Å²) in [6.45, 7) is 9.86. The number of oxazole rings is 1. The maximum Gasteiger partial charge on any atom is 0.191 e. The molecule has 2 unspecified atom stereocenters. The monoisotopic (exact) mass is 235 g/mol. The van der Waals surface area contributed by atoms with Gasteiger partial charge in [0.1, 0.15) is 6.26 Å². The van der Waals surface area contributed by atoms with Gasteiger partial charge in [-0.05, 0) is 20.3 Å². The van der Waals surface area contributed by atoms with Crippen LogP contribution in [0.3, 0.4) is 0 Å². The number of rotatable bonds is 3. The SMILES string of the molecule is Cc1nc(CN2C3CC2CN(C(C)C)C3)co1. The Morgan fingerprint density at radius 3 is 2.65 bits per heavy atom. The molecule has 2 fully saturated rings. The van der Waals surface area contributed by atoms with Crippen molar-refractivity contribution in [3.63, 3.8) is 0 Å². The number of piperazine rings is 1. The summed E-state index contributed by atoms with van der Waals surface area (Å²) in [7, 11) is 0. The van der Waals surface area contributed by atoms with Gasteiger partial charge in [0.25, 0.3) is 0 Å². The van der Waals surface area contributed by atoms with Crippen molar-refractivity contribution < 1.29 is 4.42 Å². The molecule has 1 aromatic rings. The van der Waals surface area contributed by atoms with E-state index in [1.807, 2.05) is 6.92 Å². The van der Waals surface area contributed by atoms with Gasteiger partial charge >= 0.3 is 0 Å². The Bertz CT molecular complexity index is 389. The Labute approximate surface area is 103 Å². The molecule has 0 amide bonds. The van der Waals surface area contributed by atoms with Crippen LogP contribution in [0.4, 0.5) is 0 Å². The summed E-state index contributed by atoms with van der Waals surface area (Å²) < 4.78 is 5.27. The van der Waals surface area contributed by atoms with Gasteiger partial charge in [-0.3, -0.25) is 9.80 Å². The number of piperidine rings is 1. The van der Waals surface area contributed by atoms with E-state index in [9.17, 15) is 0 Å². The summed E-state index contributed by atoms with van der Waals surface area (Å²) in [5, 5.41) is 0.